The van der Waals surface area contributed by atoms with E-state index in [-0.39, 0.29) is 42.5 Å². The number of H-pyrrole nitrogens is 1. The molecule has 0 bridgehead atoms. The van der Waals surface area contributed by atoms with Crippen LogP contribution in [-0.2, 0) is 64.7 Å². The second-order valence-corrected chi connectivity index (χ2v) is 24.7. The molecule has 0 saturated carbocycles. The van der Waals surface area contributed by atoms with Gasteiger partial charge < -0.3 is 60.2 Å². The van der Waals surface area contributed by atoms with Crippen molar-refractivity contribution < 1.29 is 92.9 Å². The summed E-state index contributed by atoms with van der Waals surface area (Å²) in [7, 11) is -20.3. The van der Waals surface area contributed by atoms with Crippen LogP contribution in [0, 0.1) is 0 Å². The summed E-state index contributed by atoms with van der Waals surface area (Å²) in [6, 6.07) is 7.68. The van der Waals surface area contributed by atoms with Gasteiger partial charge in [-0.1, -0.05) is 4.98 Å². The first kappa shape index (κ1) is 56.0. The number of fused-ring (bicyclic) bond motifs is 5. The monoisotopic (exact) mass is 1130 g/mol. The maximum Gasteiger partial charge on any atom is 0.490 e. The number of carbonyl (C=O) groups is 2. The summed E-state index contributed by atoms with van der Waals surface area (Å²) < 4.78 is 105. The molecule has 2 aromatic heterocycles. The number of nitrogen functional groups attached to an aromatic ring is 1. The van der Waals surface area contributed by atoms with Crippen molar-refractivity contribution in [3.8, 4) is 11.5 Å². The Morgan fingerprint density at radius 3 is 2.49 bits per heavy atom. The smallest absolute Gasteiger partial charge is 0.452 e. The lowest BCUT2D eigenvalue weighted by Gasteiger charge is -2.48. The summed E-state index contributed by atoms with van der Waals surface area (Å²) in [4.78, 5) is 89.8. The average Bonchev–Trinajstić information content (AvgIpc) is 3.78. The minimum atomic E-state index is -5.91. The lowest BCUT2D eigenvalue weighted by molar-refractivity contribution is -0.745. The number of aliphatic hydroxyl groups is 1. The fourth-order valence-corrected chi connectivity index (χ4v) is 13.7. The van der Waals surface area contributed by atoms with E-state index in [4.69, 9.17) is 34.7 Å². The third-order valence-electron chi connectivity index (χ3n) is 12.9. The molecule has 4 aliphatic heterocycles. The third kappa shape index (κ3) is 13.0. The number of hydrogen-bond donors (Lipinski definition) is 10. The molecule has 8 rings (SSSR count). The first-order valence-corrected chi connectivity index (χ1v) is 29.4. The Morgan fingerprint density at radius 1 is 1.05 bits per heavy atom. The maximum absolute atomic E-state index is 13.2. The molecule has 6 heterocycles. The van der Waals surface area contributed by atoms with Crippen molar-refractivity contribution >= 4 is 74.1 Å². The number of carbonyl (C=O) groups excluding carboxylic acids is 2. The highest BCUT2D eigenvalue weighted by molar-refractivity contribution is 7.85. The molecular formula is C41H57N10O20P3S+2. The topological polar surface area (TPSA) is 419 Å². The number of aliphatic hydroxyl groups excluding tert-OH is 1. The number of nitrogens with two attached hydrogens (primary N) is 1. The van der Waals surface area contributed by atoms with Crippen LogP contribution in [0.5, 0.6) is 11.5 Å². The van der Waals surface area contributed by atoms with E-state index in [2.05, 4.69) is 50.1 Å². The summed E-state index contributed by atoms with van der Waals surface area (Å²) in [5.74, 6) is -0.741. The van der Waals surface area contributed by atoms with Crippen LogP contribution in [0.1, 0.15) is 69.7 Å². The molecular weight excluding hydrogens is 1080 g/mol. The van der Waals surface area contributed by atoms with Crippen LogP contribution in [0.3, 0.4) is 0 Å². The molecule has 7 atom stereocenters. The highest BCUT2D eigenvalue weighted by Crippen LogP contribution is 2.66. The Morgan fingerprint density at radius 2 is 1.79 bits per heavy atom. The number of aryl methyl sites for hydroxylation is 2. The molecule has 0 aliphatic carbocycles. The van der Waals surface area contributed by atoms with E-state index < -0.39 is 93.6 Å². The van der Waals surface area contributed by atoms with Gasteiger partial charge in [-0.3, -0.25) is 28.2 Å². The van der Waals surface area contributed by atoms with Crippen LogP contribution in [0.2, 0.25) is 0 Å². The lowest BCUT2D eigenvalue weighted by Crippen LogP contribution is -2.50. The number of nitrogens with zero attached hydrogens (tertiary/aromatic N) is 6. The van der Waals surface area contributed by atoms with Crippen molar-refractivity contribution in [3.05, 3.63) is 62.8 Å². The fraction of sp³-hybridized carbons (Fsp3) is 0.537. The highest BCUT2D eigenvalue weighted by atomic mass is 32.2. The first-order chi connectivity index (χ1) is 35.0. The molecule has 75 heavy (non-hydrogen) atoms. The Bertz CT molecular complexity index is 3390. The second kappa shape index (κ2) is 21.3. The molecule has 2 aromatic carbocycles. The van der Waals surface area contributed by atoms with Gasteiger partial charge in [0.15, 0.2) is 23.9 Å². The molecule has 4 aliphatic rings. The quantitative estimate of drug-likeness (QED) is 0.0223. The molecule has 0 spiro atoms. The Balaban J connectivity index is 0.903. The van der Waals surface area contributed by atoms with Gasteiger partial charge in [0.25, 0.3) is 21.6 Å². The van der Waals surface area contributed by atoms with Crippen molar-refractivity contribution in [2.45, 2.75) is 88.9 Å². The SMILES string of the molecule is CC[N+]1=c2cc3c(cc2CCC1)=Nc1cc2c(cc1O3)N(CCCC(=O)NCCNC(=O)O[C@@H]1[C@H](O)[C@@H](COP(=O)(O)OP(=O)(O)OP(=O)(O)O)O[C@H]1[n+]1cn(C)c3c(=O)[nH]c(N)nc31)C(C)(C)CC2CS(=O)(=O)O. The van der Waals surface area contributed by atoms with Crippen LogP contribution < -0.4 is 51.4 Å². The molecule has 2 amide bonds. The van der Waals surface area contributed by atoms with Crippen molar-refractivity contribution in [2.24, 2.45) is 12.0 Å². The van der Waals surface area contributed by atoms with Gasteiger partial charge in [0.2, 0.25) is 23.0 Å². The average molecular weight is 1130 g/mol. The summed E-state index contributed by atoms with van der Waals surface area (Å²) in [5, 5.41) is 18.2. The number of aromatic amines is 1. The van der Waals surface area contributed by atoms with Gasteiger partial charge in [-0.05, 0) is 57.7 Å². The number of alkyl carbamates (subject to hydrolysis) is 1. The van der Waals surface area contributed by atoms with Gasteiger partial charge >= 0.3 is 35.2 Å². The van der Waals surface area contributed by atoms with E-state index in [0.29, 0.717) is 53.2 Å². The number of ether oxygens (including phenoxy) is 3. The number of amides is 2. The number of nitrogens with one attached hydrogen (secondary N) is 3. The summed E-state index contributed by atoms with van der Waals surface area (Å²) >= 11 is 0. The number of aromatic nitrogens is 4. The van der Waals surface area contributed by atoms with E-state index in [9.17, 15) is 55.9 Å². The fourth-order valence-electron chi connectivity index (χ4n) is 9.85. The Labute approximate surface area is 426 Å². The predicted octanol–water partition coefficient (Wildman–Crippen LogP) is -0.101. The van der Waals surface area contributed by atoms with Crippen LogP contribution >= 0.6 is 23.5 Å². The molecule has 11 N–H and O–H groups in total. The zero-order valence-electron chi connectivity index (χ0n) is 40.7. The third-order valence-corrected chi connectivity index (χ3v) is 17.5. The van der Waals surface area contributed by atoms with Crippen LogP contribution in [0.4, 0.5) is 22.1 Å². The minimum absolute atomic E-state index is 0.0305. The molecule has 34 heteroatoms. The zero-order chi connectivity index (χ0) is 54.6. The standard InChI is InChI=1S/C41H55N10O20P3S/c1-5-49-12-6-8-22-14-25-29(16-27(22)49)67-30-17-28-24(15-26(30)45-25)23(20-75(63,64)65)18-41(2,3)51(28)13-7-9-32(52)43-10-11-44-40(55)69-35-34(53)31(19-66-73(59,60)71-74(61,62)70-72(56,57)58)68-38(35)50-21-48(4)33-36(50)46-39(42)47-37(33)54/h14-17,21,23,31,34-35,38,53H,5-13,18-20H2,1-4H3,(H8-2,42,43,44,46,47,52,54,55,56,57,58,59,60,61,62,63,64,65)/p+2/t23?,31-,34-,35-,38-/m1/s1. The van der Waals surface area contributed by atoms with Crippen molar-refractivity contribution in [3.63, 3.8) is 0 Å². The molecule has 410 valence electrons. The van der Waals surface area contributed by atoms with E-state index in [1.807, 2.05) is 38.1 Å². The summed E-state index contributed by atoms with van der Waals surface area (Å²) in [6.45, 7) is 6.66. The number of imidazole rings is 1. The van der Waals surface area contributed by atoms with Gasteiger partial charge in [0.1, 0.15) is 36.3 Å². The number of benzene rings is 2. The van der Waals surface area contributed by atoms with Gasteiger partial charge in [0, 0.05) is 61.2 Å². The first-order valence-electron chi connectivity index (χ1n) is 23.3. The van der Waals surface area contributed by atoms with Crippen LogP contribution in [-0.4, -0.2) is 133 Å². The van der Waals surface area contributed by atoms with Crippen molar-refractivity contribution in [1.82, 2.24) is 29.7 Å². The van der Waals surface area contributed by atoms with Crippen LogP contribution in [0.15, 0.2) is 40.4 Å². The van der Waals surface area contributed by atoms with Gasteiger partial charge in [-0.2, -0.15) is 17.0 Å². The zero-order valence-corrected chi connectivity index (χ0v) is 44.2. The largest absolute Gasteiger partial charge is 0.490 e. The Kier molecular flexibility index (Phi) is 15.9. The minimum Gasteiger partial charge on any atom is -0.452 e. The van der Waals surface area contributed by atoms with E-state index in [1.165, 1.54) is 23.5 Å². The second-order valence-electron chi connectivity index (χ2n) is 18.8. The number of hydrogen-bond acceptors (Lipinski definition) is 19. The number of anilines is 2. The highest BCUT2D eigenvalue weighted by Gasteiger charge is 2.52. The van der Waals surface area contributed by atoms with Crippen molar-refractivity contribution in [1.29, 1.82) is 0 Å². The molecule has 1 fully saturated rings. The maximum atomic E-state index is 13.2. The van der Waals surface area contributed by atoms with Crippen molar-refractivity contribution in [2.75, 3.05) is 55.7 Å². The van der Waals surface area contributed by atoms with Crippen LogP contribution in [0.25, 0.3) is 11.2 Å². The normalized spacial score (nSPS) is 22.6. The summed E-state index contributed by atoms with van der Waals surface area (Å²) in [5.41, 5.74) is 7.28. The molecule has 0 radical (unpaired) electrons. The predicted molar refractivity (Wildman–Crippen MR) is 260 cm³/mol. The molecule has 4 aromatic rings. The summed E-state index contributed by atoms with van der Waals surface area (Å²) in [6.07, 6.45) is -4.21. The van der Waals surface area contributed by atoms with Gasteiger partial charge in [-0.25, -0.2) is 32.6 Å². The van der Waals surface area contributed by atoms with Gasteiger partial charge in [-0.15, -0.1) is 0 Å². The number of phosphoric ester groups is 1. The van der Waals surface area contributed by atoms with Gasteiger partial charge in [0.05, 0.1) is 25.5 Å². The number of phosphoric acid groups is 3. The van der Waals surface area contributed by atoms with E-state index in [0.717, 1.165) is 35.9 Å². The number of rotatable bonds is 19. The van der Waals surface area contributed by atoms with E-state index in [1.54, 1.807) is 0 Å². The molecule has 30 nitrogen and oxygen atoms in total. The van der Waals surface area contributed by atoms with E-state index >= 15 is 0 Å². The Hall–Kier alpha value is -5.23. The molecule has 1 saturated heterocycles. The molecule has 3 unspecified atom stereocenters. The lowest BCUT2D eigenvalue weighted by atomic mass is 9.79.